The van der Waals surface area contributed by atoms with E-state index in [0.717, 1.165) is 6.42 Å². The van der Waals surface area contributed by atoms with Crippen molar-refractivity contribution in [3.8, 4) is 0 Å². The predicted octanol–water partition coefficient (Wildman–Crippen LogP) is 2.87. The van der Waals surface area contributed by atoms with Gasteiger partial charge in [-0.15, -0.1) is 0 Å². The highest BCUT2D eigenvalue weighted by Crippen LogP contribution is 2.43. The van der Waals surface area contributed by atoms with Crippen LogP contribution >= 0.6 is 0 Å². The van der Waals surface area contributed by atoms with Gasteiger partial charge < -0.3 is 19.3 Å². The first-order valence-electron chi connectivity index (χ1n) is 7.89. The lowest BCUT2D eigenvalue weighted by Crippen LogP contribution is -2.58. The zero-order chi connectivity index (χ0) is 16.4. The van der Waals surface area contributed by atoms with Gasteiger partial charge in [0, 0.05) is 20.1 Å². The Hall–Kier alpha value is -0.160. The summed E-state index contributed by atoms with van der Waals surface area (Å²) in [5.74, 6) is 0.456. The molecule has 1 fully saturated rings. The Balaban J connectivity index is 3.03. The van der Waals surface area contributed by atoms with Gasteiger partial charge in [0.25, 0.3) is 0 Å². The molecule has 0 radical (unpaired) electrons. The van der Waals surface area contributed by atoms with Crippen LogP contribution in [0.1, 0.15) is 48.0 Å². The fourth-order valence-electron chi connectivity index (χ4n) is 3.40. The molecule has 0 aromatic heterocycles. The molecule has 1 N–H and O–H groups in total. The van der Waals surface area contributed by atoms with Gasteiger partial charge in [-0.3, -0.25) is 0 Å². The van der Waals surface area contributed by atoms with E-state index in [1.54, 1.807) is 14.2 Å². The van der Waals surface area contributed by atoms with E-state index in [1.807, 2.05) is 20.8 Å². The minimum absolute atomic E-state index is 0.0698. The lowest BCUT2D eigenvalue weighted by atomic mass is 9.65. The third-order valence-corrected chi connectivity index (χ3v) is 4.35. The monoisotopic (exact) mass is 302 g/mol. The van der Waals surface area contributed by atoms with Gasteiger partial charge in [0.15, 0.2) is 0 Å². The first-order valence-corrected chi connectivity index (χ1v) is 7.89. The van der Waals surface area contributed by atoms with E-state index < -0.39 is 6.10 Å². The van der Waals surface area contributed by atoms with Crippen molar-refractivity contribution in [1.29, 1.82) is 0 Å². The van der Waals surface area contributed by atoms with Gasteiger partial charge in [-0.25, -0.2) is 0 Å². The fourth-order valence-corrected chi connectivity index (χ4v) is 3.40. The summed E-state index contributed by atoms with van der Waals surface area (Å²) in [4.78, 5) is 0. The summed E-state index contributed by atoms with van der Waals surface area (Å²) in [7, 11) is 3.38. The van der Waals surface area contributed by atoms with E-state index in [0.29, 0.717) is 6.61 Å². The van der Waals surface area contributed by atoms with Crippen LogP contribution in [-0.2, 0) is 14.2 Å². The van der Waals surface area contributed by atoms with Crippen LogP contribution in [0.3, 0.4) is 0 Å². The number of ether oxygens (including phenoxy) is 3. The highest BCUT2D eigenvalue weighted by atomic mass is 16.5. The smallest absolute Gasteiger partial charge is 0.107 e. The van der Waals surface area contributed by atoms with Crippen molar-refractivity contribution in [3.63, 3.8) is 0 Å². The maximum Gasteiger partial charge on any atom is 0.107 e. The van der Waals surface area contributed by atoms with Crippen LogP contribution in [0.25, 0.3) is 0 Å². The average molecular weight is 302 g/mol. The molecule has 0 aromatic carbocycles. The van der Waals surface area contributed by atoms with Crippen LogP contribution in [0.15, 0.2) is 0 Å². The first-order chi connectivity index (χ1) is 9.51. The Morgan fingerprint density at radius 3 is 1.95 bits per heavy atom. The molecule has 0 aliphatic heterocycles. The van der Waals surface area contributed by atoms with Gasteiger partial charge in [0.2, 0.25) is 0 Å². The van der Waals surface area contributed by atoms with Gasteiger partial charge in [-0.05, 0) is 38.5 Å². The molecule has 5 atom stereocenters. The molecule has 0 amide bonds. The summed E-state index contributed by atoms with van der Waals surface area (Å²) >= 11 is 0. The molecule has 4 heteroatoms. The van der Waals surface area contributed by atoms with Crippen LogP contribution in [0.2, 0.25) is 0 Å². The van der Waals surface area contributed by atoms with Crippen LogP contribution in [-0.4, -0.2) is 49.8 Å². The minimum Gasteiger partial charge on any atom is -0.388 e. The number of methoxy groups -OCH3 is 2. The highest BCUT2D eigenvalue weighted by Gasteiger charge is 2.49. The number of hydrogen-bond donors (Lipinski definition) is 1. The largest absolute Gasteiger partial charge is 0.388 e. The number of aliphatic hydroxyl groups excluding tert-OH is 1. The number of aliphatic hydroxyl groups is 1. The van der Waals surface area contributed by atoms with Crippen molar-refractivity contribution < 1.29 is 19.3 Å². The number of rotatable bonds is 4. The van der Waals surface area contributed by atoms with Crippen LogP contribution in [0.4, 0.5) is 0 Å². The van der Waals surface area contributed by atoms with Gasteiger partial charge in [0.05, 0.1) is 24.4 Å². The molecule has 1 saturated carbocycles. The van der Waals surface area contributed by atoms with Crippen molar-refractivity contribution in [2.75, 3.05) is 20.8 Å². The van der Waals surface area contributed by atoms with Gasteiger partial charge in [-0.1, -0.05) is 20.8 Å². The Kier molecular flexibility index (Phi) is 6.25. The maximum absolute atomic E-state index is 10.8. The molecule has 0 heterocycles. The topological polar surface area (TPSA) is 47.9 Å². The van der Waals surface area contributed by atoms with Gasteiger partial charge >= 0.3 is 0 Å². The summed E-state index contributed by atoms with van der Waals surface area (Å²) < 4.78 is 17.2. The SMILES string of the molecule is COCC1CC(C(C)(C)C)C(OC)C(O)C1OC(C)(C)C. The van der Waals surface area contributed by atoms with Gasteiger partial charge in [0.1, 0.15) is 6.10 Å². The zero-order valence-electron chi connectivity index (χ0n) is 15.0. The average Bonchev–Trinajstić information content (AvgIpc) is 2.31. The molecule has 1 aliphatic carbocycles. The second-order valence-corrected chi connectivity index (χ2v) is 8.31. The molecule has 1 aliphatic rings. The second-order valence-electron chi connectivity index (χ2n) is 8.31. The summed E-state index contributed by atoms with van der Waals surface area (Å²) in [6.45, 7) is 13.2. The minimum atomic E-state index is -0.632. The van der Waals surface area contributed by atoms with Crippen molar-refractivity contribution >= 4 is 0 Å². The molecule has 5 unspecified atom stereocenters. The highest BCUT2D eigenvalue weighted by molar-refractivity contribution is 4.98. The predicted molar refractivity (Wildman–Crippen MR) is 84.4 cm³/mol. The van der Waals surface area contributed by atoms with Crippen molar-refractivity contribution in [1.82, 2.24) is 0 Å². The molecule has 21 heavy (non-hydrogen) atoms. The summed E-state index contributed by atoms with van der Waals surface area (Å²) in [6, 6.07) is 0. The van der Waals surface area contributed by atoms with E-state index in [9.17, 15) is 5.11 Å². The van der Waals surface area contributed by atoms with Crippen molar-refractivity contribution in [3.05, 3.63) is 0 Å². The third kappa shape index (κ3) is 4.92. The lowest BCUT2D eigenvalue weighted by molar-refractivity contribution is -0.215. The molecular formula is C17H34O4. The maximum atomic E-state index is 10.8. The molecule has 4 nitrogen and oxygen atoms in total. The normalized spacial score (nSPS) is 35.0. The molecule has 1 rings (SSSR count). The van der Waals surface area contributed by atoms with Crippen LogP contribution < -0.4 is 0 Å². The van der Waals surface area contributed by atoms with E-state index >= 15 is 0 Å². The first kappa shape index (κ1) is 18.9. The van der Waals surface area contributed by atoms with Crippen LogP contribution in [0, 0.1) is 17.3 Å². The van der Waals surface area contributed by atoms with E-state index in [2.05, 4.69) is 20.8 Å². The van der Waals surface area contributed by atoms with E-state index in [4.69, 9.17) is 14.2 Å². The second kappa shape index (κ2) is 6.95. The molecular weight excluding hydrogens is 268 g/mol. The number of hydrogen-bond acceptors (Lipinski definition) is 4. The molecule has 0 bridgehead atoms. The standard InChI is InChI=1S/C17H34O4/c1-16(2,3)12-9-11(10-19-7)14(21-17(4,5)6)13(18)15(12)20-8/h11-15,18H,9-10H2,1-8H3. The zero-order valence-corrected chi connectivity index (χ0v) is 15.0. The Bertz CT molecular complexity index is 314. The Morgan fingerprint density at radius 2 is 1.57 bits per heavy atom. The molecule has 0 aromatic rings. The molecule has 0 saturated heterocycles. The van der Waals surface area contributed by atoms with Crippen molar-refractivity contribution in [2.24, 2.45) is 17.3 Å². The van der Waals surface area contributed by atoms with Gasteiger partial charge in [-0.2, -0.15) is 0 Å². The Morgan fingerprint density at radius 1 is 1.00 bits per heavy atom. The molecule has 126 valence electrons. The lowest BCUT2D eigenvalue weighted by Gasteiger charge is -2.49. The van der Waals surface area contributed by atoms with Crippen molar-refractivity contribution in [2.45, 2.75) is 71.9 Å². The third-order valence-electron chi connectivity index (χ3n) is 4.35. The van der Waals surface area contributed by atoms with Crippen LogP contribution in [0.5, 0.6) is 0 Å². The quantitative estimate of drug-likeness (QED) is 0.867. The summed E-state index contributed by atoms with van der Waals surface area (Å²) in [5.41, 5.74) is -0.231. The van der Waals surface area contributed by atoms with E-state index in [-0.39, 0.29) is 35.1 Å². The summed E-state index contributed by atoms with van der Waals surface area (Å²) in [5, 5.41) is 10.8. The van der Waals surface area contributed by atoms with E-state index in [1.165, 1.54) is 0 Å². The Labute approximate surface area is 130 Å². The fraction of sp³-hybridized carbons (Fsp3) is 1.00. The molecule has 0 spiro atoms. The summed E-state index contributed by atoms with van der Waals surface area (Å²) in [6.07, 6.45) is -0.153.